The van der Waals surface area contributed by atoms with Crippen LogP contribution < -0.4 is 10.6 Å². The van der Waals surface area contributed by atoms with Crippen LogP contribution in [0, 0.1) is 0 Å². The molecule has 1 aromatic carbocycles. The first kappa shape index (κ1) is 20.8. The summed E-state index contributed by atoms with van der Waals surface area (Å²) in [6.07, 6.45) is 2.71. The van der Waals surface area contributed by atoms with Gasteiger partial charge in [0.2, 0.25) is 5.91 Å². The highest BCUT2D eigenvalue weighted by molar-refractivity contribution is 7.80. The second kappa shape index (κ2) is 10.6. The lowest BCUT2D eigenvalue weighted by atomic mass is 10.1. The van der Waals surface area contributed by atoms with Crippen LogP contribution in [-0.2, 0) is 14.3 Å². The summed E-state index contributed by atoms with van der Waals surface area (Å²) in [6, 6.07) is 7.87. The highest BCUT2D eigenvalue weighted by Gasteiger charge is 2.34. The fraction of sp³-hybridized carbons (Fsp3) is 0.474. The maximum atomic E-state index is 12.3. The smallest absolute Gasteiger partial charge is 0.308 e. The number of piperazine rings is 1. The first-order valence-corrected chi connectivity index (χ1v) is 9.54. The minimum Gasteiger partial charge on any atom is -0.466 e. The van der Waals surface area contributed by atoms with Crippen LogP contribution >= 0.6 is 12.2 Å². The Morgan fingerprint density at radius 2 is 2.04 bits per heavy atom. The molecule has 0 bridgehead atoms. The number of nitrogens with one attached hydrogen (secondary N) is 2. The molecule has 0 radical (unpaired) electrons. The molecular weight excluding hydrogens is 366 g/mol. The Kier molecular flexibility index (Phi) is 8.19. The Labute approximate surface area is 164 Å². The second-order valence-electron chi connectivity index (χ2n) is 6.26. The molecule has 2 rings (SSSR count). The number of rotatable bonds is 7. The van der Waals surface area contributed by atoms with Crippen molar-refractivity contribution in [3.05, 3.63) is 35.9 Å². The topological polar surface area (TPSA) is 87.7 Å². The first-order valence-electron chi connectivity index (χ1n) is 9.13. The number of esters is 1. The van der Waals surface area contributed by atoms with Crippen LogP contribution in [0.3, 0.4) is 0 Å². The van der Waals surface area contributed by atoms with Crippen molar-refractivity contribution in [3.63, 3.8) is 0 Å². The molecule has 1 fully saturated rings. The normalized spacial score (nSPS) is 16.4. The third-order valence-corrected chi connectivity index (χ3v) is 4.56. The molecule has 0 spiro atoms. The van der Waals surface area contributed by atoms with Crippen LogP contribution in [0.1, 0.15) is 43.0 Å². The molecule has 1 heterocycles. The summed E-state index contributed by atoms with van der Waals surface area (Å²) in [7, 11) is 0. The summed E-state index contributed by atoms with van der Waals surface area (Å²) >= 11 is 5.32. The van der Waals surface area contributed by atoms with Crippen LogP contribution in [0.2, 0.25) is 0 Å². The molecule has 146 valence electrons. The van der Waals surface area contributed by atoms with Gasteiger partial charge >= 0.3 is 5.97 Å². The molecule has 7 nitrogen and oxygen atoms in total. The zero-order valence-corrected chi connectivity index (χ0v) is 16.2. The summed E-state index contributed by atoms with van der Waals surface area (Å²) in [5, 5.41) is 5.49. The third kappa shape index (κ3) is 6.32. The van der Waals surface area contributed by atoms with E-state index >= 15 is 0 Å². The van der Waals surface area contributed by atoms with Gasteiger partial charge in [0.1, 0.15) is 6.04 Å². The van der Waals surface area contributed by atoms with Crippen LogP contribution in [-0.4, -0.2) is 53.5 Å². The number of amides is 2. The number of carbonyl (C=O) groups excluding carboxylic acids is 3. The summed E-state index contributed by atoms with van der Waals surface area (Å²) in [4.78, 5) is 38.2. The number of nitrogens with zero attached hydrogens (tertiary/aromatic N) is 1. The van der Waals surface area contributed by atoms with Crippen molar-refractivity contribution in [1.29, 1.82) is 0 Å². The first-order chi connectivity index (χ1) is 13.0. The van der Waals surface area contributed by atoms with Gasteiger partial charge in [-0.25, -0.2) is 0 Å². The Bertz CT molecular complexity index is 681. The lowest BCUT2D eigenvalue weighted by Crippen LogP contribution is -2.60. The van der Waals surface area contributed by atoms with Crippen molar-refractivity contribution in [2.45, 2.75) is 38.6 Å². The maximum absolute atomic E-state index is 12.3. The van der Waals surface area contributed by atoms with E-state index in [9.17, 15) is 14.4 Å². The molecule has 1 unspecified atom stereocenters. The molecule has 0 aromatic heterocycles. The molecule has 1 aliphatic rings. The van der Waals surface area contributed by atoms with Gasteiger partial charge in [0.15, 0.2) is 5.11 Å². The zero-order chi connectivity index (χ0) is 19.6. The van der Waals surface area contributed by atoms with Crippen LogP contribution in [0.15, 0.2) is 30.3 Å². The van der Waals surface area contributed by atoms with Gasteiger partial charge in [0.05, 0.1) is 13.0 Å². The van der Waals surface area contributed by atoms with E-state index in [0.717, 1.165) is 19.3 Å². The summed E-state index contributed by atoms with van der Waals surface area (Å²) in [5.74, 6) is -1.11. The molecule has 2 amide bonds. The second-order valence-corrected chi connectivity index (χ2v) is 6.64. The van der Waals surface area contributed by atoms with E-state index in [-0.39, 0.29) is 23.3 Å². The average molecular weight is 391 g/mol. The summed E-state index contributed by atoms with van der Waals surface area (Å²) < 4.78 is 5.20. The molecule has 1 aromatic rings. The molecular formula is C19H25N3O4S. The molecule has 8 heteroatoms. The number of carbonyl (C=O) groups is 3. The van der Waals surface area contributed by atoms with Crippen LogP contribution in [0.25, 0.3) is 0 Å². The van der Waals surface area contributed by atoms with E-state index in [1.54, 1.807) is 29.2 Å². The average Bonchev–Trinajstić information content (AvgIpc) is 2.67. The van der Waals surface area contributed by atoms with E-state index in [0.29, 0.717) is 25.3 Å². The van der Waals surface area contributed by atoms with Crippen molar-refractivity contribution in [1.82, 2.24) is 15.5 Å². The number of hydrogen-bond acceptors (Lipinski definition) is 5. The van der Waals surface area contributed by atoms with Gasteiger partial charge in [-0.3, -0.25) is 19.7 Å². The van der Waals surface area contributed by atoms with Gasteiger partial charge in [0, 0.05) is 18.7 Å². The minimum atomic E-state index is -0.791. The standard InChI is InChI=1S/C19H25N3O4S/c1-2-3-7-12-26-16(23)13-15-18(25)20-10-11-22(15)19(27)21-17(24)14-8-5-4-6-9-14/h4-6,8-9,15H,2-3,7,10-13H2,1H3,(H,20,25)(H,21,24,27). The number of benzene rings is 1. The number of unbranched alkanes of at least 4 members (excludes halogenated alkanes) is 2. The van der Waals surface area contributed by atoms with Gasteiger partial charge in [-0.1, -0.05) is 38.0 Å². The molecule has 1 saturated heterocycles. The van der Waals surface area contributed by atoms with Crippen molar-refractivity contribution in [3.8, 4) is 0 Å². The monoisotopic (exact) mass is 391 g/mol. The lowest BCUT2D eigenvalue weighted by Gasteiger charge is -2.36. The van der Waals surface area contributed by atoms with Crippen molar-refractivity contribution in [2.24, 2.45) is 0 Å². The molecule has 27 heavy (non-hydrogen) atoms. The van der Waals surface area contributed by atoms with Crippen molar-refractivity contribution in [2.75, 3.05) is 19.7 Å². The Morgan fingerprint density at radius 3 is 2.74 bits per heavy atom. The van der Waals surface area contributed by atoms with Gasteiger partial charge in [-0.15, -0.1) is 0 Å². The Morgan fingerprint density at radius 1 is 1.30 bits per heavy atom. The maximum Gasteiger partial charge on any atom is 0.308 e. The largest absolute Gasteiger partial charge is 0.466 e. The predicted molar refractivity (Wildman–Crippen MR) is 105 cm³/mol. The highest BCUT2D eigenvalue weighted by Crippen LogP contribution is 2.11. The van der Waals surface area contributed by atoms with Gasteiger partial charge in [-0.2, -0.15) is 0 Å². The van der Waals surface area contributed by atoms with E-state index in [2.05, 4.69) is 17.6 Å². The van der Waals surface area contributed by atoms with E-state index in [1.165, 1.54) is 0 Å². The minimum absolute atomic E-state index is 0.112. The lowest BCUT2D eigenvalue weighted by molar-refractivity contribution is -0.147. The van der Waals surface area contributed by atoms with Crippen LogP contribution in [0.5, 0.6) is 0 Å². The number of ether oxygens (including phenoxy) is 1. The van der Waals surface area contributed by atoms with E-state index in [1.807, 2.05) is 6.07 Å². The fourth-order valence-corrected chi connectivity index (χ4v) is 3.06. The van der Waals surface area contributed by atoms with Gasteiger partial charge in [0.25, 0.3) is 5.91 Å². The van der Waals surface area contributed by atoms with Gasteiger partial charge in [-0.05, 0) is 30.8 Å². The fourth-order valence-electron chi connectivity index (χ4n) is 2.75. The zero-order valence-electron chi connectivity index (χ0n) is 15.4. The van der Waals surface area contributed by atoms with Gasteiger partial charge < -0.3 is 15.0 Å². The highest BCUT2D eigenvalue weighted by atomic mass is 32.1. The van der Waals surface area contributed by atoms with Crippen molar-refractivity contribution < 1.29 is 19.1 Å². The van der Waals surface area contributed by atoms with E-state index < -0.39 is 12.0 Å². The number of hydrogen-bond donors (Lipinski definition) is 2. The number of thiocarbonyl (C=S) groups is 1. The molecule has 0 saturated carbocycles. The third-order valence-electron chi connectivity index (χ3n) is 4.22. The van der Waals surface area contributed by atoms with Crippen molar-refractivity contribution >= 4 is 35.1 Å². The SMILES string of the molecule is CCCCCOC(=O)CC1C(=O)NCCN1C(=S)NC(=O)c1ccccc1. The molecule has 1 aliphatic heterocycles. The summed E-state index contributed by atoms with van der Waals surface area (Å²) in [6.45, 7) is 3.21. The van der Waals surface area contributed by atoms with E-state index in [4.69, 9.17) is 17.0 Å². The quantitative estimate of drug-likeness (QED) is 0.417. The Hall–Kier alpha value is -2.48. The predicted octanol–water partition coefficient (Wildman–Crippen LogP) is 1.63. The van der Waals surface area contributed by atoms with Crippen LogP contribution in [0.4, 0.5) is 0 Å². The summed E-state index contributed by atoms with van der Waals surface area (Å²) in [5.41, 5.74) is 0.466. The molecule has 0 aliphatic carbocycles. The molecule has 2 N–H and O–H groups in total. The Balaban J connectivity index is 1.95. The molecule has 1 atom stereocenters.